The fraction of sp³-hybridized carbons (Fsp3) is 0.471. The molecule has 1 aromatic heterocycles. The second-order valence-electron chi connectivity index (χ2n) is 5.93. The molecule has 0 saturated carbocycles. The van der Waals surface area contributed by atoms with E-state index in [1.54, 1.807) is 0 Å². The van der Waals surface area contributed by atoms with Crippen molar-refractivity contribution in [3.8, 4) is 0 Å². The largest absolute Gasteiger partial charge is 0.312 e. The van der Waals surface area contributed by atoms with E-state index < -0.39 is 0 Å². The summed E-state index contributed by atoms with van der Waals surface area (Å²) in [4.78, 5) is 4.69. The Morgan fingerprint density at radius 2 is 1.84 bits per heavy atom. The molecule has 0 spiro atoms. The molecule has 19 heavy (non-hydrogen) atoms. The number of hydrogen-bond donors (Lipinski definition) is 1. The van der Waals surface area contributed by atoms with Gasteiger partial charge in [-0.15, -0.1) is 0 Å². The van der Waals surface area contributed by atoms with Crippen molar-refractivity contribution in [2.24, 2.45) is 5.92 Å². The third-order valence-electron chi connectivity index (χ3n) is 3.33. The van der Waals surface area contributed by atoms with Crippen LogP contribution in [0.4, 0.5) is 0 Å². The van der Waals surface area contributed by atoms with Gasteiger partial charge in [0.2, 0.25) is 0 Å². The van der Waals surface area contributed by atoms with E-state index >= 15 is 0 Å². The normalized spacial score (nSPS) is 11.5. The van der Waals surface area contributed by atoms with E-state index in [0.29, 0.717) is 5.92 Å². The molecule has 1 N–H and O–H groups in total. The van der Waals surface area contributed by atoms with E-state index in [9.17, 15) is 0 Å². The first-order chi connectivity index (χ1) is 8.97. The average Bonchev–Trinajstić information content (AvgIpc) is 2.30. The van der Waals surface area contributed by atoms with Crippen LogP contribution < -0.4 is 5.32 Å². The Morgan fingerprint density at radius 3 is 2.53 bits per heavy atom. The second-order valence-corrected chi connectivity index (χ2v) is 5.93. The van der Waals surface area contributed by atoms with Gasteiger partial charge in [0.05, 0.1) is 5.52 Å². The summed E-state index contributed by atoms with van der Waals surface area (Å²) in [6.07, 6.45) is 0. The highest BCUT2D eigenvalue weighted by Crippen LogP contribution is 2.23. The van der Waals surface area contributed by atoms with Crippen LogP contribution in [-0.2, 0) is 6.54 Å². The third kappa shape index (κ3) is 3.32. The highest BCUT2D eigenvalue weighted by Gasteiger charge is 2.07. The van der Waals surface area contributed by atoms with Crippen LogP contribution in [-0.4, -0.2) is 11.5 Å². The lowest BCUT2D eigenvalue weighted by Crippen LogP contribution is -2.19. The summed E-state index contributed by atoms with van der Waals surface area (Å²) in [5, 5.41) is 4.82. The van der Waals surface area contributed by atoms with Crippen molar-refractivity contribution in [3.63, 3.8) is 0 Å². The van der Waals surface area contributed by atoms with Gasteiger partial charge in [0.25, 0.3) is 0 Å². The minimum atomic E-state index is 0.678. The van der Waals surface area contributed by atoms with Crippen LogP contribution in [0.25, 0.3) is 10.9 Å². The zero-order valence-electron chi connectivity index (χ0n) is 12.7. The summed E-state index contributed by atoms with van der Waals surface area (Å²) in [6, 6.07) is 6.66. The van der Waals surface area contributed by atoms with Gasteiger partial charge in [-0.1, -0.05) is 25.5 Å². The van der Waals surface area contributed by atoms with E-state index in [1.807, 2.05) is 0 Å². The van der Waals surface area contributed by atoms with Crippen molar-refractivity contribution >= 4 is 10.9 Å². The standard InChI is InChI=1S/C17H24N2/c1-11(2)9-18-10-15-8-14(5)19-17-13(4)6-12(3)7-16(15)17/h6-8,11,18H,9-10H2,1-5H3. The maximum atomic E-state index is 4.69. The van der Waals surface area contributed by atoms with Gasteiger partial charge in [-0.05, 0) is 56.5 Å². The maximum absolute atomic E-state index is 4.69. The SMILES string of the molecule is Cc1cc(C)c2nc(C)cc(CNCC(C)C)c2c1. The number of aromatic nitrogens is 1. The molecule has 0 unspecified atom stereocenters. The lowest BCUT2D eigenvalue weighted by Gasteiger charge is -2.13. The molecular formula is C17H24N2. The maximum Gasteiger partial charge on any atom is 0.0737 e. The summed E-state index contributed by atoms with van der Waals surface area (Å²) in [5.41, 5.74) is 6.17. The molecule has 0 amide bonds. The molecule has 0 aliphatic carbocycles. The Labute approximate surface area is 116 Å². The van der Waals surface area contributed by atoms with Crippen LogP contribution in [0, 0.1) is 26.7 Å². The number of nitrogens with one attached hydrogen (secondary N) is 1. The number of aryl methyl sites for hydroxylation is 3. The predicted octanol–water partition coefficient (Wildman–Crippen LogP) is 3.91. The Balaban J connectivity index is 2.41. The first kappa shape index (κ1) is 14.0. The number of rotatable bonds is 4. The van der Waals surface area contributed by atoms with Crippen LogP contribution in [0.5, 0.6) is 0 Å². The molecular weight excluding hydrogens is 232 g/mol. The molecule has 2 nitrogen and oxygen atoms in total. The van der Waals surface area contributed by atoms with E-state index in [-0.39, 0.29) is 0 Å². The zero-order chi connectivity index (χ0) is 14.0. The lowest BCUT2D eigenvalue weighted by molar-refractivity contribution is 0.553. The summed E-state index contributed by atoms with van der Waals surface area (Å²) < 4.78 is 0. The number of benzene rings is 1. The van der Waals surface area contributed by atoms with Gasteiger partial charge in [0, 0.05) is 17.6 Å². The first-order valence-corrected chi connectivity index (χ1v) is 7.05. The van der Waals surface area contributed by atoms with Crippen molar-refractivity contribution in [1.82, 2.24) is 10.3 Å². The molecule has 0 aliphatic heterocycles. The average molecular weight is 256 g/mol. The number of pyridine rings is 1. The van der Waals surface area contributed by atoms with Crippen molar-refractivity contribution in [2.75, 3.05) is 6.54 Å². The molecule has 2 rings (SSSR count). The van der Waals surface area contributed by atoms with Crippen LogP contribution in [0.1, 0.15) is 36.2 Å². The number of nitrogens with zero attached hydrogens (tertiary/aromatic N) is 1. The minimum Gasteiger partial charge on any atom is -0.312 e. The van der Waals surface area contributed by atoms with Gasteiger partial charge >= 0.3 is 0 Å². The molecule has 1 aromatic carbocycles. The predicted molar refractivity (Wildman–Crippen MR) is 82.5 cm³/mol. The van der Waals surface area contributed by atoms with Crippen LogP contribution in [0.15, 0.2) is 18.2 Å². The quantitative estimate of drug-likeness (QED) is 0.897. The van der Waals surface area contributed by atoms with Crippen LogP contribution in [0.2, 0.25) is 0 Å². The smallest absolute Gasteiger partial charge is 0.0737 e. The van der Waals surface area contributed by atoms with E-state index in [2.05, 4.69) is 58.1 Å². The number of fused-ring (bicyclic) bond motifs is 1. The molecule has 0 atom stereocenters. The second kappa shape index (κ2) is 5.70. The van der Waals surface area contributed by atoms with E-state index in [4.69, 9.17) is 4.98 Å². The molecule has 102 valence electrons. The highest BCUT2D eigenvalue weighted by atomic mass is 14.9. The van der Waals surface area contributed by atoms with Gasteiger partial charge in [0.15, 0.2) is 0 Å². The molecule has 1 heterocycles. The Bertz CT molecular complexity index is 585. The Kier molecular flexibility index (Phi) is 4.20. The van der Waals surface area contributed by atoms with Gasteiger partial charge in [-0.2, -0.15) is 0 Å². The summed E-state index contributed by atoms with van der Waals surface area (Å²) in [6.45, 7) is 12.8. The zero-order valence-corrected chi connectivity index (χ0v) is 12.7. The van der Waals surface area contributed by atoms with Crippen molar-refractivity contribution in [3.05, 3.63) is 40.6 Å². The summed E-state index contributed by atoms with van der Waals surface area (Å²) in [5.74, 6) is 0.678. The molecule has 0 saturated heterocycles. The lowest BCUT2D eigenvalue weighted by atomic mass is 10.0. The van der Waals surface area contributed by atoms with Gasteiger partial charge in [-0.25, -0.2) is 0 Å². The summed E-state index contributed by atoms with van der Waals surface area (Å²) in [7, 11) is 0. The monoisotopic (exact) mass is 256 g/mol. The van der Waals surface area contributed by atoms with Crippen molar-refractivity contribution in [2.45, 2.75) is 41.2 Å². The molecule has 2 aromatic rings. The van der Waals surface area contributed by atoms with E-state index in [1.165, 1.54) is 22.1 Å². The third-order valence-corrected chi connectivity index (χ3v) is 3.33. The molecule has 0 fully saturated rings. The minimum absolute atomic E-state index is 0.678. The topological polar surface area (TPSA) is 24.9 Å². The molecule has 2 heteroatoms. The van der Waals surface area contributed by atoms with Gasteiger partial charge < -0.3 is 5.32 Å². The fourth-order valence-corrected chi connectivity index (χ4v) is 2.53. The molecule has 0 bridgehead atoms. The Morgan fingerprint density at radius 1 is 1.11 bits per heavy atom. The fourth-order valence-electron chi connectivity index (χ4n) is 2.53. The number of hydrogen-bond acceptors (Lipinski definition) is 2. The van der Waals surface area contributed by atoms with Crippen molar-refractivity contribution < 1.29 is 0 Å². The van der Waals surface area contributed by atoms with E-state index in [0.717, 1.165) is 24.3 Å². The molecule has 0 radical (unpaired) electrons. The summed E-state index contributed by atoms with van der Waals surface area (Å²) >= 11 is 0. The van der Waals surface area contributed by atoms with Crippen LogP contribution >= 0.6 is 0 Å². The highest BCUT2D eigenvalue weighted by molar-refractivity contribution is 5.85. The Hall–Kier alpha value is -1.41. The van der Waals surface area contributed by atoms with Crippen LogP contribution in [0.3, 0.4) is 0 Å². The van der Waals surface area contributed by atoms with Crippen molar-refractivity contribution in [1.29, 1.82) is 0 Å². The van der Waals surface area contributed by atoms with Gasteiger partial charge in [-0.3, -0.25) is 4.98 Å². The first-order valence-electron chi connectivity index (χ1n) is 7.05. The molecule has 0 aliphatic rings. The van der Waals surface area contributed by atoms with Gasteiger partial charge in [0.1, 0.15) is 0 Å².